The summed E-state index contributed by atoms with van der Waals surface area (Å²) in [5, 5.41) is 3.15. The van der Waals surface area contributed by atoms with Crippen LogP contribution in [0.1, 0.15) is 38.9 Å². The van der Waals surface area contributed by atoms with Crippen LogP contribution in [0.5, 0.6) is 0 Å². The Morgan fingerprint density at radius 3 is 2.67 bits per heavy atom. The molecule has 6 nitrogen and oxygen atoms in total. The Kier molecular flexibility index (Phi) is 5.60. The molecule has 33 heavy (non-hydrogen) atoms. The van der Waals surface area contributed by atoms with Gasteiger partial charge in [-0.1, -0.05) is 48.5 Å². The third kappa shape index (κ3) is 3.76. The Hall–Kier alpha value is -3.65. The predicted octanol–water partition coefficient (Wildman–Crippen LogP) is 3.62. The second-order valence-electron chi connectivity index (χ2n) is 8.06. The number of nitrogens with two attached hydrogens (primary N) is 2. The van der Waals surface area contributed by atoms with Gasteiger partial charge < -0.3 is 11.5 Å². The largest absolute Gasteiger partial charge is 0.326 e. The predicted molar refractivity (Wildman–Crippen MR) is 125 cm³/mol. The zero-order valence-corrected chi connectivity index (χ0v) is 18.0. The summed E-state index contributed by atoms with van der Waals surface area (Å²) in [4.78, 5) is 17.9. The molecule has 0 aliphatic carbocycles. The van der Waals surface area contributed by atoms with Gasteiger partial charge in [0, 0.05) is 30.9 Å². The number of imidazole rings is 1. The van der Waals surface area contributed by atoms with Crippen molar-refractivity contribution in [2.75, 3.05) is 0 Å². The van der Waals surface area contributed by atoms with Crippen LogP contribution in [-0.2, 0) is 19.6 Å². The zero-order valence-electron chi connectivity index (χ0n) is 18.0. The van der Waals surface area contributed by atoms with Gasteiger partial charge >= 0.3 is 0 Å². The van der Waals surface area contributed by atoms with Crippen LogP contribution in [0, 0.1) is 5.82 Å². The molecular weight excluding hydrogens is 417 g/mol. The average Bonchev–Trinajstić information content (AvgIpc) is 3.30. The van der Waals surface area contributed by atoms with E-state index in [1.165, 1.54) is 6.07 Å². The van der Waals surface area contributed by atoms with E-state index in [9.17, 15) is 4.79 Å². The lowest BCUT2D eigenvalue weighted by atomic mass is 9.92. The van der Waals surface area contributed by atoms with Crippen molar-refractivity contribution in [2.24, 2.45) is 11.5 Å². The maximum atomic E-state index is 15.3. The number of carbonyl (C=O) groups excluding carboxylic acids is 1. The first-order valence-corrected chi connectivity index (χ1v) is 10.8. The molecule has 0 saturated carbocycles. The Bertz CT molecular complexity index is 1350. The van der Waals surface area contributed by atoms with Crippen molar-refractivity contribution < 1.29 is 9.18 Å². The average molecular weight is 442 g/mol. The summed E-state index contributed by atoms with van der Waals surface area (Å²) in [6, 6.07) is 19.5. The summed E-state index contributed by atoms with van der Waals surface area (Å²) in [5.41, 5.74) is 17.3. The number of halogens is 1. The van der Waals surface area contributed by atoms with Crippen molar-refractivity contribution >= 4 is 5.78 Å². The minimum absolute atomic E-state index is 0.221. The number of benzene rings is 3. The molecule has 0 amide bonds. The highest BCUT2D eigenvalue weighted by Gasteiger charge is 2.34. The van der Waals surface area contributed by atoms with Gasteiger partial charge in [0.25, 0.3) is 0 Å². The van der Waals surface area contributed by atoms with E-state index < -0.39 is 11.9 Å². The fraction of sp³-hybridized carbons (Fsp3) is 0.154. The normalized spacial score (nSPS) is 15.5. The highest BCUT2D eigenvalue weighted by molar-refractivity contribution is 6.01. The maximum absolute atomic E-state index is 15.3. The number of hydrogen-bond donors (Lipinski definition) is 3. The molecular formula is C26H24FN5O. The summed E-state index contributed by atoms with van der Waals surface area (Å²) in [7, 11) is 0. The number of nitrogens with one attached hydrogen (secondary N) is 1. The number of ketones is 1. The second kappa shape index (κ2) is 8.71. The first-order chi connectivity index (χ1) is 16.1. The molecule has 5 N–H and O–H groups in total. The summed E-state index contributed by atoms with van der Waals surface area (Å²) in [6.07, 6.45) is 1.63. The number of rotatable bonds is 5. The molecule has 0 radical (unpaired) electrons. The number of fused-ring (bicyclic) bond motifs is 1. The van der Waals surface area contributed by atoms with Gasteiger partial charge in [-0.15, -0.1) is 0 Å². The number of carbonyl (C=O) groups is 1. The summed E-state index contributed by atoms with van der Waals surface area (Å²) in [5.74, 6) is -0.661. The van der Waals surface area contributed by atoms with E-state index in [4.69, 9.17) is 11.5 Å². The van der Waals surface area contributed by atoms with Gasteiger partial charge in [-0.25, -0.2) is 9.37 Å². The van der Waals surface area contributed by atoms with Crippen LogP contribution in [0.25, 0.3) is 16.8 Å². The number of Topliss-reactive ketones (excluding diaryl/α,β-unsaturated/α-hetero) is 1. The lowest BCUT2D eigenvalue weighted by Gasteiger charge is -2.24. The molecule has 0 bridgehead atoms. The highest BCUT2D eigenvalue weighted by Crippen LogP contribution is 2.32. The molecule has 1 aromatic heterocycles. The number of aromatic nitrogens is 2. The molecule has 0 fully saturated rings. The van der Waals surface area contributed by atoms with Gasteiger partial charge in [0.15, 0.2) is 0 Å². The highest BCUT2D eigenvalue weighted by atomic mass is 19.1. The minimum atomic E-state index is -0.801. The smallest absolute Gasteiger partial charge is 0.203 e. The van der Waals surface area contributed by atoms with Crippen LogP contribution < -0.4 is 16.8 Å². The van der Waals surface area contributed by atoms with Crippen molar-refractivity contribution in [2.45, 2.75) is 25.7 Å². The lowest BCUT2D eigenvalue weighted by Crippen LogP contribution is -2.36. The molecule has 3 aromatic carbocycles. The Morgan fingerprint density at radius 1 is 1.03 bits per heavy atom. The Labute approximate surface area is 191 Å². The molecule has 7 heteroatoms. The first-order valence-electron chi connectivity index (χ1n) is 10.8. The molecule has 1 aliphatic heterocycles. The molecule has 1 atom stereocenters. The quantitative estimate of drug-likeness (QED) is 0.439. The van der Waals surface area contributed by atoms with Crippen molar-refractivity contribution in [3.63, 3.8) is 0 Å². The Balaban J connectivity index is 1.51. The fourth-order valence-corrected chi connectivity index (χ4v) is 4.39. The SMILES string of the molecule is NCc1cccc(-n2cnc3c2C(=O)C(c2ccc(-c4ccccc4CN)cc2F)NC3)c1. The minimum Gasteiger partial charge on any atom is -0.326 e. The van der Waals surface area contributed by atoms with Crippen molar-refractivity contribution in [1.29, 1.82) is 0 Å². The summed E-state index contributed by atoms with van der Waals surface area (Å²) in [6.45, 7) is 1.13. The van der Waals surface area contributed by atoms with Crippen LogP contribution in [0.4, 0.5) is 4.39 Å². The lowest BCUT2D eigenvalue weighted by molar-refractivity contribution is 0.0920. The van der Waals surface area contributed by atoms with Crippen LogP contribution in [0.15, 0.2) is 73.1 Å². The standard InChI is InChI=1S/C26H24FN5O/c27-22-11-17(20-7-2-1-5-18(20)13-29)8-9-21(22)24-26(33)25-23(14-30-24)31-15-32(25)19-6-3-4-16(10-19)12-28/h1-11,15,24,30H,12-14,28-29H2. The third-order valence-corrected chi connectivity index (χ3v) is 6.10. The maximum Gasteiger partial charge on any atom is 0.203 e. The van der Waals surface area contributed by atoms with E-state index in [1.807, 2.05) is 54.6 Å². The second-order valence-corrected chi connectivity index (χ2v) is 8.06. The van der Waals surface area contributed by atoms with E-state index in [0.717, 1.165) is 27.9 Å². The van der Waals surface area contributed by atoms with Crippen LogP contribution in [0.3, 0.4) is 0 Å². The van der Waals surface area contributed by atoms with Gasteiger partial charge in [0.2, 0.25) is 5.78 Å². The van der Waals surface area contributed by atoms with Crippen LogP contribution in [-0.4, -0.2) is 15.3 Å². The monoisotopic (exact) mass is 441 g/mol. The fourth-order valence-electron chi connectivity index (χ4n) is 4.39. The van der Waals surface area contributed by atoms with Crippen LogP contribution in [0.2, 0.25) is 0 Å². The van der Waals surface area contributed by atoms with E-state index >= 15 is 4.39 Å². The van der Waals surface area contributed by atoms with Crippen molar-refractivity contribution in [1.82, 2.24) is 14.9 Å². The van der Waals surface area contributed by atoms with E-state index in [0.29, 0.717) is 36.6 Å². The summed E-state index contributed by atoms with van der Waals surface area (Å²) < 4.78 is 17.1. The molecule has 0 saturated heterocycles. The summed E-state index contributed by atoms with van der Waals surface area (Å²) >= 11 is 0. The van der Waals surface area contributed by atoms with Crippen molar-refractivity contribution in [3.8, 4) is 16.8 Å². The van der Waals surface area contributed by atoms with Gasteiger partial charge in [-0.2, -0.15) is 0 Å². The van der Waals surface area contributed by atoms with Gasteiger partial charge in [0.05, 0.1) is 5.69 Å². The number of nitrogens with zero attached hydrogens (tertiary/aromatic N) is 2. The molecule has 166 valence electrons. The van der Waals surface area contributed by atoms with E-state index in [-0.39, 0.29) is 5.78 Å². The van der Waals surface area contributed by atoms with Crippen LogP contribution >= 0.6 is 0 Å². The number of hydrogen-bond acceptors (Lipinski definition) is 5. The molecule has 1 unspecified atom stereocenters. The topological polar surface area (TPSA) is 99.0 Å². The van der Waals surface area contributed by atoms with E-state index in [2.05, 4.69) is 10.3 Å². The van der Waals surface area contributed by atoms with Gasteiger partial charge in [-0.3, -0.25) is 14.7 Å². The van der Waals surface area contributed by atoms with Gasteiger partial charge in [-0.05, 0) is 40.5 Å². The third-order valence-electron chi connectivity index (χ3n) is 6.10. The molecule has 1 aliphatic rings. The van der Waals surface area contributed by atoms with E-state index in [1.54, 1.807) is 17.0 Å². The Morgan fingerprint density at radius 2 is 1.88 bits per heavy atom. The molecule has 4 aromatic rings. The molecule has 0 spiro atoms. The molecule has 2 heterocycles. The zero-order chi connectivity index (χ0) is 22.9. The molecule has 5 rings (SSSR count). The van der Waals surface area contributed by atoms with Gasteiger partial charge in [0.1, 0.15) is 23.9 Å². The first kappa shape index (κ1) is 21.2. The van der Waals surface area contributed by atoms with Crippen molar-refractivity contribution in [3.05, 3.63) is 107 Å².